The Hall–Kier alpha value is -0.310. The maximum absolute atomic E-state index is 14.3. The van der Waals surface area contributed by atoms with E-state index in [-0.39, 0.29) is 13.0 Å². The van der Waals surface area contributed by atoms with Crippen LogP contribution in [0.2, 0.25) is 10.0 Å². The van der Waals surface area contributed by atoms with Crippen molar-refractivity contribution in [3.63, 3.8) is 0 Å². The van der Waals surface area contributed by atoms with Gasteiger partial charge in [-0.2, -0.15) is 0 Å². The van der Waals surface area contributed by atoms with Crippen LogP contribution in [-0.4, -0.2) is 12.2 Å². The molecule has 0 aromatic heterocycles. The van der Waals surface area contributed by atoms with E-state index < -0.39 is 5.67 Å². The van der Waals surface area contributed by atoms with Crippen LogP contribution in [0.5, 0.6) is 0 Å². The van der Waals surface area contributed by atoms with Crippen LogP contribution in [0.1, 0.15) is 25.3 Å². The highest BCUT2D eigenvalue weighted by atomic mass is 35.5. The number of nitrogens with two attached hydrogens (primary N) is 1. The van der Waals surface area contributed by atoms with Gasteiger partial charge in [0.15, 0.2) is 0 Å². The van der Waals surface area contributed by atoms with Crippen LogP contribution in [0.25, 0.3) is 0 Å². The number of benzene rings is 1. The highest BCUT2D eigenvalue weighted by Gasteiger charge is 2.28. The molecule has 90 valence electrons. The second kappa shape index (κ2) is 5.85. The highest BCUT2D eigenvalue weighted by molar-refractivity contribution is 6.35. The van der Waals surface area contributed by atoms with Gasteiger partial charge in [-0.25, -0.2) is 4.39 Å². The Morgan fingerprint density at radius 1 is 1.38 bits per heavy atom. The third-order valence-corrected chi connectivity index (χ3v) is 3.17. The molecule has 0 saturated carbocycles. The summed E-state index contributed by atoms with van der Waals surface area (Å²) in [5, 5.41) is 1.06. The molecule has 1 rings (SSSR count). The molecule has 0 aliphatic heterocycles. The second-order valence-electron chi connectivity index (χ2n) is 4.02. The van der Waals surface area contributed by atoms with Gasteiger partial charge in [-0.3, -0.25) is 0 Å². The minimum atomic E-state index is -1.37. The molecule has 0 spiro atoms. The average molecular weight is 264 g/mol. The zero-order valence-corrected chi connectivity index (χ0v) is 10.8. The molecule has 2 N–H and O–H groups in total. The molecule has 1 unspecified atom stereocenters. The van der Waals surface area contributed by atoms with Gasteiger partial charge >= 0.3 is 0 Å². The zero-order valence-electron chi connectivity index (χ0n) is 9.27. The van der Waals surface area contributed by atoms with Gasteiger partial charge in [-0.15, -0.1) is 0 Å². The van der Waals surface area contributed by atoms with Crippen molar-refractivity contribution in [3.8, 4) is 0 Å². The van der Waals surface area contributed by atoms with Crippen LogP contribution in [0.3, 0.4) is 0 Å². The first-order valence-electron chi connectivity index (χ1n) is 5.33. The summed E-state index contributed by atoms with van der Waals surface area (Å²) in [5.41, 5.74) is 4.86. The Bertz CT molecular complexity index is 357. The molecular weight excluding hydrogens is 248 g/mol. The first-order chi connectivity index (χ1) is 7.50. The predicted octanol–water partition coefficient (Wildman–Crippen LogP) is 4.00. The van der Waals surface area contributed by atoms with Crippen molar-refractivity contribution >= 4 is 23.2 Å². The Morgan fingerprint density at radius 3 is 2.56 bits per heavy atom. The lowest BCUT2D eigenvalue weighted by molar-refractivity contribution is 0.158. The summed E-state index contributed by atoms with van der Waals surface area (Å²) in [7, 11) is 0. The van der Waals surface area contributed by atoms with Crippen LogP contribution in [0.15, 0.2) is 18.2 Å². The Labute approximate surface area is 106 Å². The average Bonchev–Trinajstić information content (AvgIpc) is 2.23. The van der Waals surface area contributed by atoms with E-state index in [1.54, 1.807) is 18.2 Å². The lowest BCUT2D eigenvalue weighted by Crippen LogP contribution is -2.35. The van der Waals surface area contributed by atoms with Crippen LogP contribution < -0.4 is 5.73 Å². The third kappa shape index (κ3) is 3.62. The van der Waals surface area contributed by atoms with E-state index in [1.165, 1.54) is 0 Å². The van der Waals surface area contributed by atoms with Gasteiger partial charge in [0, 0.05) is 23.0 Å². The summed E-state index contributed by atoms with van der Waals surface area (Å²) >= 11 is 11.8. The monoisotopic (exact) mass is 263 g/mol. The topological polar surface area (TPSA) is 26.0 Å². The van der Waals surface area contributed by atoms with E-state index >= 15 is 0 Å². The first kappa shape index (κ1) is 13.8. The van der Waals surface area contributed by atoms with E-state index in [1.807, 2.05) is 6.92 Å². The van der Waals surface area contributed by atoms with Gasteiger partial charge in [0.25, 0.3) is 0 Å². The van der Waals surface area contributed by atoms with Gasteiger partial charge in [0.1, 0.15) is 5.67 Å². The maximum atomic E-state index is 14.3. The number of alkyl halides is 1. The van der Waals surface area contributed by atoms with Gasteiger partial charge in [0.2, 0.25) is 0 Å². The van der Waals surface area contributed by atoms with E-state index in [0.717, 1.165) is 12.0 Å². The van der Waals surface area contributed by atoms with Crippen molar-refractivity contribution in [2.45, 2.75) is 31.9 Å². The van der Waals surface area contributed by atoms with E-state index in [4.69, 9.17) is 28.9 Å². The standard InChI is InChI=1S/C12H16Cl2FN/c1-2-5-12(15,8-16)7-9-3-4-10(13)6-11(9)14/h3-4,6H,2,5,7-8,16H2,1H3. The largest absolute Gasteiger partial charge is 0.328 e. The van der Waals surface area contributed by atoms with Crippen LogP contribution >= 0.6 is 23.2 Å². The number of hydrogen-bond donors (Lipinski definition) is 1. The quantitative estimate of drug-likeness (QED) is 0.854. The molecule has 16 heavy (non-hydrogen) atoms. The number of rotatable bonds is 5. The minimum absolute atomic E-state index is 0.0137. The molecule has 1 atom stereocenters. The normalized spacial score (nSPS) is 14.8. The second-order valence-corrected chi connectivity index (χ2v) is 4.86. The maximum Gasteiger partial charge on any atom is 0.127 e. The molecule has 0 heterocycles. The zero-order chi connectivity index (χ0) is 12.2. The van der Waals surface area contributed by atoms with Crippen LogP contribution in [0.4, 0.5) is 4.39 Å². The molecule has 4 heteroatoms. The lowest BCUT2D eigenvalue weighted by atomic mass is 9.92. The molecule has 0 saturated heterocycles. The predicted molar refractivity (Wildman–Crippen MR) is 68.0 cm³/mol. The molecule has 0 aliphatic rings. The summed E-state index contributed by atoms with van der Waals surface area (Å²) in [6.07, 6.45) is 1.45. The van der Waals surface area contributed by atoms with Crippen molar-refractivity contribution in [1.29, 1.82) is 0 Å². The van der Waals surface area contributed by atoms with E-state index in [2.05, 4.69) is 0 Å². The number of hydrogen-bond acceptors (Lipinski definition) is 1. The summed E-state index contributed by atoms with van der Waals surface area (Å²) in [5.74, 6) is 0. The Morgan fingerprint density at radius 2 is 2.06 bits per heavy atom. The fourth-order valence-corrected chi connectivity index (χ4v) is 2.19. The lowest BCUT2D eigenvalue weighted by Gasteiger charge is -2.23. The third-order valence-electron chi connectivity index (χ3n) is 2.59. The fraction of sp³-hybridized carbons (Fsp3) is 0.500. The molecule has 0 amide bonds. The van der Waals surface area contributed by atoms with Crippen molar-refractivity contribution in [3.05, 3.63) is 33.8 Å². The first-order valence-corrected chi connectivity index (χ1v) is 6.09. The molecule has 0 aliphatic carbocycles. The molecule has 0 bridgehead atoms. The summed E-state index contributed by atoms with van der Waals surface area (Å²) in [4.78, 5) is 0. The van der Waals surface area contributed by atoms with E-state index in [9.17, 15) is 4.39 Å². The Kier molecular flexibility index (Phi) is 5.03. The molecular formula is C12H16Cl2FN. The van der Waals surface area contributed by atoms with Crippen molar-refractivity contribution in [2.24, 2.45) is 5.73 Å². The minimum Gasteiger partial charge on any atom is -0.328 e. The smallest absolute Gasteiger partial charge is 0.127 e. The van der Waals surface area contributed by atoms with Gasteiger partial charge in [-0.1, -0.05) is 42.6 Å². The summed E-state index contributed by atoms with van der Waals surface area (Å²) in [6.45, 7) is 1.95. The molecule has 1 aromatic rings. The van der Waals surface area contributed by atoms with Gasteiger partial charge in [-0.05, 0) is 24.1 Å². The summed E-state index contributed by atoms with van der Waals surface area (Å²) < 4.78 is 14.3. The van der Waals surface area contributed by atoms with Crippen molar-refractivity contribution in [2.75, 3.05) is 6.54 Å². The van der Waals surface area contributed by atoms with E-state index in [0.29, 0.717) is 16.5 Å². The molecule has 0 radical (unpaired) electrons. The molecule has 1 aromatic carbocycles. The Balaban J connectivity index is 2.85. The van der Waals surface area contributed by atoms with Crippen molar-refractivity contribution < 1.29 is 4.39 Å². The molecule has 1 nitrogen and oxygen atoms in total. The molecule has 0 fully saturated rings. The van der Waals surface area contributed by atoms with Crippen molar-refractivity contribution in [1.82, 2.24) is 0 Å². The highest BCUT2D eigenvalue weighted by Crippen LogP contribution is 2.28. The van der Waals surface area contributed by atoms with Gasteiger partial charge in [0.05, 0.1) is 0 Å². The van der Waals surface area contributed by atoms with Crippen LogP contribution in [0, 0.1) is 0 Å². The summed E-state index contributed by atoms with van der Waals surface area (Å²) in [6, 6.07) is 5.09. The fourth-order valence-electron chi connectivity index (χ4n) is 1.72. The van der Waals surface area contributed by atoms with Crippen LogP contribution in [-0.2, 0) is 6.42 Å². The van der Waals surface area contributed by atoms with Gasteiger partial charge < -0.3 is 5.73 Å². The number of halogens is 3. The SMILES string of the molecule is CCCC(F)(CN)Cc1ccc(Cl)cc1Cl.